The molecule has 1 saturated carbocycles. The summed E-state index contributed by atoms with van der Waals surface area (Å²) < 4.78 is 11.3. The highest BCUT2D eigenvalue weighted by atomic mass is 16.6. The molecule has 1 aliphatic carbocycles. The summed E-state index contributed by atoms with van der Waals surface area (Å²) in [5, 5.41) is 9.26. The molecule has 3 aromatic carbocycles. The number of carbonyl (C=O) groups excluding carboxylic acids is 1. The summed E-state index contributed by atoms with van der Waals surface area (Å²) in [5.74, 6) is -0.228. The highest BCUT2D eigenvalue weighted by Crippen LogP contribution is 2.36. The number of carboxylic acid groups (broad SMARTS) is 1. The predicted octanol–water partition coefficient (Wildman–Crippen LogP) is 5.99. The van der Waals surface area contributed by atoms with Crippen LogP contribution >= 0.6 is 0 Å². The van der Waals surface area contributed by atoms with Gasteiger partial charge in [0.15, 0.2) is 0 Å². The number of amides is 1. The minimum atomic E-state index is -0.887. The molecule has 4 rings (SSSR count). The summed E-state index contributed by atoms with van der Waals surface area (Å²) in [6, 6.07) is 21.4. The number of carboxylic acids is 1. The van der Waals surface area contributed by atoms with Crippen molar-refractivity contribution in [3.05, 3.63) is 89.0 Å². The summed E-state index contributed by atoms with van der Waals surface area (Å²) in [4.78, 5) is 26.3. The lowest BCUT2D eigenvalue weighted by Crippen LogP contribution is -2.44. The quantitative estimate of drug-likeness (QED) is 0.413. The number of rotatable bonds is 9. The van der Waals surface area contributed by atoms with Crippen LogP contribution in [0, 0.1) is 6.92 Å². The Morgan fingerprint density at radius 3 is 2.40 bits per heavy atom. The summed E-state index contributed by atoms with van der Waals surface area (Å²) in [6.07, 6.45) is 2.62. The third-order valence-electron chi connectivity index (χ3n) is 6.47. The molecule has 0 aromatic heterocycles. The highest BCUT2D eigenvalue weighted by molar-refractivity contribution is 5.77. The number of hydrogen-bond donors (Lipinski definition) is 1. The first-order valence-electron chi connectivity index (χ1n) is 11.9. The summed E-state index contributed by atoms with van der Waals surface area (Å²) in [6.45, 7) is 2.66. The second kappa shape index (κ2) is 11.1. The van der Waals surface area contributed by atoms with Crippen molar-refractivity contribution in [3.63, 3.8) is 0 Å². The lowest BCUT2D eigenvalue weighted by molar-refractivity contribution is -0.136. The van der Waals surface area contributed by atoms with Crippen LogP contribution in [0.2, 0.25) is 0 Å². The first-order valence-corrected chi connectivity index (χ1v) is 11.9. The smallest absolute Gasteiger partial charge is 0.410 e. The van der Waals surface area contributed by atoms with Gasteiger partial charge in [-0.05, 0) is 60.6 Å². The fourth-order valence-corrected chi connectivity index (χ4v) is 4.39. The molecule has 1 fully saturated rings. The molecule has 0 spiro atoms. The van der Waals surface area contributed by atoms with Gasteiger partial charge < -0.3 is 19.5 Å². The molecule has 0 heterocycles. The molecule has 3 aromatic rings. The molecule has 0 unspecified atom stereocenters. The molecule has 35 heavy (non-hydrogen) atoms. The van der Waals surface area contributed by atoms with Crippen molar-refractivity contribution in [2.45, 2.75) is 51.8 Å². The lowest BCUT2D eigenvalue weighted by atomic mass is 9.90. The van der Waals surface area contributed by atoms with Gasteiger partial charge in [0.2, 0.25) is 0 Å². The standard InChI is InChI=1S/C29H31NO5/c1-20-11-13-25(26-16-22(17-28(31)32)12-14-27(26)34-2)23(15-20)18-30(24-9-6-10-24)29(33)35-19-21-7-4-3-5-8-21/h3-5,7-8,11-16,24H,6,9-10,17-19H2,1-2H3,(H,31,32). The van der Waals surface area contributed by atoms with Crippen molar-refractivity contribution in [2.24, 2.45) is 0 Å². The SMILES string of the molecule is COc1ccc(CC(=O)O)cc1-c1ccc(C)cc1CN(C(=O)OCc1ccccc1)C1CCC1. The summed E-state index contributed by atoms with van der Waals surface area (Å²) in [7, 11) is 1.60. The number of hydrogen-bond acceptors (Lipinski definition) is 4. The molecule has 182 valence electrons. The van der Waals surface area contributed by atoms with E-state index in [1.165, 1.54) is 0 Å². The van der Waals surface area contributed by atoms with Gasteiger partial charge in [0, 0.05) is 18.2 Å². The Morgan fingerprint density at radius 2 is 1.74 bits per heavy atom. The van der Waals surface area contributed by atoms with Crippen LogP contribution in [-0.2, 0) is 29.1 Å². The molecule has 1 amide bonds. The van der Waals surface area contributed by atoms with Crippen molar-refractivity contribution >= 4 is 12.1 Å². The largest absolute Gasteiger partial charge is 0.496 e. The van der Waals surface area contributed by atoms with Gasteiger partial charge in [-0.2, -0.15) is 0 Å². The van der Waals surface area contributed by atoms with Crippen LogP contribution < -0.4 is 4.74 Å². The Hall–Kier alpha value is -3.80. The third-order valence-corrected chi connectivity index (χ3v) is 6.47. The maximum Gasteiger partial charge on any atom is 0.410 e. The Kier molecular flexibility index (Phi) is 7.70. The molecular formula is C29H31NO5. The lowest BCUT2D eigenvalue weighted by Gasteiger charge is -2.37. The van der Waals surface area contributed by atoms with E-state index in [2.05, 4.69) is 6.07 Å². The van der Waals surface area contributed by atoms with Crippen LogP contribution in [-0.4, -0.2) is 35.2 Å². The van der Waals surface area contributed by atoms with Crippen molar-refractivity contribution < 1.29 is 24.2 Å². The highest BCUT2D eigenvalue weighted by Gasteiger charge is 2.31. The first-order chi connectivity index (χ1) is 16.9. The van der Waals surface area contributed by atoms with Gasteiger partial charge in [-0.15, -0.1) is 0 Å². The van der Waals surface area contributed by atoms with E-state index in [-0.39, 0.29) is 25.2 Å². The molecule has 0 saturated heterocycles. The normalized spacial score (nSPS) is 13.1. The van der Waals surface area contributed by atoms with Crippen LogP contribution in [0.3, 0.4) is 0 Å². The molecule has 0 atom stereocenters. The summed E-state index contributed by atoms with van der Waals surface area (Å²) in [5.41, 5.74) is 5.42. The third kappa shape index (κ3) is 6.01. The molecule has 6 heteroatoms. The zero-order valence-electron chi connectivity index (χ0n) is 20.2. The van der Waals surface area contributed by atoms with Crippen LogP contribution in [0.15, 0.2) is 66.7 Å². The van der Waals surface area contributed by atoms with E-state index in [0.717, 1.165) is 47.1 Å². The van der Waals surface area contributed by atoms with E-state index in [4.69, 9.17) is 9.47 Å². The maximum atomic E-state index is 13.2. The van der Waals surface area contributed by atoms with Gasteiger partial charge in [-0.1, -0.05) is 60.2 Å². The van der Waals surface area contributed by atoms with Crippen LogP contribution in [0.5, 0.6) is 5.75 Å². The van der Waals surface area contributed by atoms with Crippen LogP contribution in [0.4, 0.5) is 4.79 Å². The molecule has 6 nitrogen and oxygen atoms in total. The van der Waals surface area contributed by atoms with Gasteiger partial charge in [-0.3, -0.25) is 4.79 Å². The second-order valence-corrected chi connectivity index (χ2v) is 9.02. The predicted molar refractivity (Wildman–Crippen MR) is 134 cm³/mol. The van der Waals surface area contributed by atoms with Gasteiger partial charge in [-0.25, -0.2) is 4.79 Å². The average molecular weight is 474 g/mol. The zero-order valence-corrected chi connectivity index (χ0v) is 20.2. The summed E-state index contributed by atoms with van der Waals surface area (Å²) >= 11 is 0. The van der Waals surface area contributed by atoms with Gasteiger partial charge in [0.05, 0.1) is 13.5 Å². The van der Waals surface area contributed by atoms with Gasteiger partial charge in [0.1, 0.15) is 12.4 Å². The van der Waals surface area contributed by atoms with Crippen molar-refractivity contribution in [1.82, 2.24) is 4.90 Å². The van der Waals surface area contributed by atoms with E-state index < -0.39 is 5.97 Å². The van der Waals surface area contributed by atoms with E-state index in [0.29, 0.717) is 17.9 Å². The monoisotopic (exact) mass is 473 g/mol. The Bertz CT molecular complexity index is 1190. The minimum absolute atomic E-state index is 0.0712. The van der Waals surface area contributed by atoms with Crippen LogP contribution in [0.1, 0.15) is 41.5 Å². The Morgan fingerprint density at radius 1 is 0.971 bits per heavy atom. The van der Waals surface area contributed by atoms with E-state index >= 15 is 0 Å². The molecule has 0 radical (unpaired) electrons. The maximum absolute atomic E-state index is 13.2. The topological polar surface area (TPSA) is 76.1 Å². The molecule has 1 N–H and O–H groups in total. The zero-order chi connectivity index (χ0) is 24.8. The van der Waals surface area contributed by atoms with E-state index in [1.54, 1.807) is 19.2 Å². The van der Waals surface area contributed by atoms with Crippen molar-refractivity contribution in [3.8, 4) is 16.9 Å². The van der Waals surface area contributed by atoms with Gasteiger partial charge in [0.25, 0.3) is 0 Å². The fraction of sp³-hybridized carbons (Fsp3) is 0.310. The molecular weight excluding hydrogens is 442 g/mol. The number of ether oxygens (including phenoxy) is 2. The number of aryl methyl sites for hydroxylation is 1. The molecule has 1 aliphatic rings. The number of nitrogens with zero attached hydrogens (tertiary/aromatic N) is 1. The molecule has 0 bridgehead atoms. The van der Waals surface area contributed by atoms with E-state index in [9.17, 15) is 14.7 Å². The first kappa shape index (κ1) is 24.3. The van der Waals surface area contributed by atoms with E-state index in [1.807, 2.05) is 60.4 Å². The second-order valence-electron chi connectivity index (χ2n) is 9.02. The number of carbonyl (C=O) groups is 2. The van der Waals surface area contributed by atoms with Crippen molar-refractivity contribution in [1.29, 1.82) is 0 Å². The Labute approximate surface area is 206 Å². The Balaban J connectivity index is 1.64. The number of benzene rings is 3. The minimum Gasteiger partial charge on any atom is -0.496 e. The molecule has 0 aliphatic heterocycles. The fourth-order valence-electron chi connectivity index (χ4n) is 4.39. The van der Waals surface area contributed by atoms with Gasteiger partial charge >= 0.3 is 12.1 Å². The average Bonchev–Trinajstić information content (AvgIpc) is 2.81. The van der Waals surface area contributed by atoms with Crippen molar-refractivity contribution in [2.75, 3.05) is 7.11 Å². The van der Waals surface area contributed by atoms with Crippen LogP contribution in [0.25, 0.3) is 11.1 Å². The number of aliphatic carboxylic acids is 1. The number of methoxy groups -OCH3 is 1.